The average Bonchev–Trinajstić information content (AvgIpc) is 3.35. The fourth-order valence-corrected chi connectivity index (χ4v) is 6.37. The number of carbonyl (C=O) groups excluding carboxylic acids is 2. The van der Waals surface area contributed by atoms with Gasteiger partial charge in [-0.25, -0.2) is 14.8 Å². The number of nitrogens with zero attached hydrogens (tertiary/aromatic N) is 3. The molecule has 0 radical (unpaired) electrons. The second kappa shape index (κ2) is 10.3. The zero-order valence-corrected chi connectivity index (χ0v) is 22.0. The van der Waals surface area contributed by atoms with E-state index in [0.29, 0.717) is 12.3 Å². The van der Waals surface area contributed by atoms with Crippen LogP contribution in [0.3, 0.4) is 0 Å². The molecule has 9 nitrogen and oxygen atoms in total. The monoisotopic (exact) mass is 504 g/mol. The van der Waals surface area contributed by atoms with Crippen LogP contribution in [0.25, 0.3) is 10.2 Å². The summed E-state index contributed by atoms with van der Waals surface area (Å²) in [5.74, 6) is 0.320. The molecule has 0 saturated heterocycles. The van der Waals surface area contributed by atoms with Gasteiger partial charge in [0.25, 0.3) is 0 Å². The third kappa shape index (κ3) is 5.69. The lowest BCUT2D eigenvalue weighted by Gasteiger charge is -2.35. The first kappa shape index (κ1) is 25.6. The molecule has 192 valence electrons. The summed E-state index contributed by atoms with van der Waals surface area (Å²) in [7, 11) is 3.33. The van der Waals surface area contributed by atoms with Gasteiger partial charge in [0.05, 0.1) is 5.39 Å². The Morgan fingerprint density at radius 3 is 2.54 bits per heavy atom. The Morgan fingerprint density at radius 1 is 1.20 bits per heavy atom. The molecule has 0 aromatic carbocycles. The predicted octanol–water partition coefficient (Wildman–Crippen LogP) is 4.17. The molecule has 1 saturated carbocycles. The van der Waals surface area contributed by atoms with Gasteiger partial charge in [-0.1, -0.05) is 0 Å². The quantitative estimate of drug-likeness (QED) is 0.601. The largest absolute Gasteiger partial charge is 0.474 e. The molecular weight excluding hydrogens is 468 g/mol. The van der Waals surface area contributed by atoms with Crippen molar-refractivity contribution in [1.82, 2.24) is 14.9 Å². The normalized spacial score (nSPS) is 23.1. The SMILES string of the molecule is COC(C[C@H]1CCc2sc3ncnc(O[C@H]4CC[C@H](N(C)C(=O)OC(C)(C)C)CC4)c3c21)C(N)=O. The Hall–Kier alpha value is -2.46. The van der Waals surface area contributed by atoms with Crippen LogP contribution in [-0.2, 0) is 20.7 Å². The third-order valence-electron chi connectivity index (χ3n) is 6.95. The van der Waals surface area contributed by atoms with Crippen LogP contribution < -0.4 is 10.5 Å². The number of primary amides is 1. The molecule has 1 fully saturated rings. The molecule has 10 heteroatoms. The van der Waals surface area contributed by atoms with Crippen molar-refractivity contribution in [3.8, 4) is 5.88 Å². The van der Waals surface area contributed by atoms with E-state index in [0.717, 1.165) is 48.7 Å². The molecular formula is C25H36N4O5S. The Labute approximate surface area is 210 Å². The van der Waals surface area contributed by atoms with Crippen molar-refractivity contribution >= 4 is 33.6 Å². The summed E-state index contributed by atoms with van der Waals surface area (Å²) in [5, 5.41) is 0.960. The molecule has 0 bridgehead atoms. The van der Waals surface area contributed by atoms with Crippen molar-refractivity contribution in [3.05, 3.63) is 16.8 Å². The first-order valence-electron chi connectivity index (χ1n) is 12.3. The molecule has 2 amide bonds. The van der Waals surface area contributed by atoms with Crippen LogP contribution in [0, 0.1) is 0 Å². The number of nitrogens with two attached hydrogens (primary N) is 1. The van der Waals surface area contributed by atoms with Gasteiger partial charge in [0.2, 0.25) is 11.8 Å². The second-order valence-corrected chi connectivity index (χ2v) is 11.6. The number of carbonyl (C=O) groups is 2. The van der Waals surface area contributed by atoms with E-state index < -0.39 is 17.6 Å². The van der Waals surface area contributed by atoms with E-state index in [9.17, 15) is 9.59 Å². The van der Waals surface area contributed by atoms with E-state index in [1.165, 1.54) is 17.6 Å². The Bertz CT molecular complexity index is 1070. The third-order valence-corrected chi connectivity index (χ3v) is 8.12. The van der Waals surface area contributed by atoms with Gasteiger partial charge >= 0.3 is 6.09 Å². The number of hydrogen-bond acceptors (Lipinski definition) is 8. The molecule has 2 aliphatic carbocycles. The Morgan fingerprint density at radius 2 is 1.91 bits per heavy atom. The number of ether oxygens (including phenoxy) is 3. The lowest BCUT2D eigenvalue weighted by molar-refractivity contribution is -0.128. The first-order chi connectivity index (χ1) is 16.6. The summed E-state index contributed by atoms with van der Waals surface area (Å²) in [4.78, 5) is 37.1. The van der Waals surface area contributed by atoms with Crippen LogP contribution in [0.1, 0.15) is 75.7 Å². The molecule has 2 aliphatic rings. The number of aromatic nitrogens is 2. The van der Waals surface area contributed by atoms with Gasteiger partial charge in [0, 0.05) is 25.1 Å². The average molecular weight is 505 g/mol. The van der Waals surface area contributed by atoms with Crippen LogP contribution in [0.2, 0.25) is 0 Å². The van der Waals surface area contributed by atoms with Crippen molar-refractivity contribution in [2.75, 3.05) is 14.2 Å². The zero-order valence-electron chi connectivity index (χ0n) is 21.2. The molecule has 0 aliphatic heterocycles. The Kier molecular flexibility index (Phi) is 7.51. The number of hydrogen-bond donors (Lipinski definition) is 1. The maximum absolute atomic E-state index is 12.4. The molecule has 1 unspecified atom stereocenters. The Balaban J connectivity index is 1.46. The highest BCUT2D eigenvalue weighted by molar-refractivity contribution is 7.19. The van der Waals surface area contributed by atoms with Crippen molar-refractivity contribution < 1.29 is 23.8 Å². The van der Waals surface area contributed by atoms with Gasteiger partial charge in [0.15, 0.2) is 0 Å². The fourth-order valence-electron chi connectivity index (χ4n) is 5.14. The minimum atomic E-state index is -0.618. The van der Waals surface area contributed by atoms with Gasteiger partial charge in [-0.15, -0.1) is 11.3 Å². The van der Waals surface area contributed by atoms with Crippen LogP contribution in [0.4, 0.5) is 4.79 Å². The number of aryl methyl sites for hydroxylation is 1. The molecule has 2 N–H and O–H groups in total. The van der Waals surface area contributed by atoms with Gasteiger partial charge in [-0.3, -0.25) is 4.79 Å². The number of amides is 2. The number of thiophene rings is 1. The highest BCUT2D eigenvalue weighted by Gasteiger charge is 2.34. The van der Waals surface area contributed by atoms with E-state index in [4.69, 9.17) is 19.9 Å². The summed E-state index contributed by atoms with van der Waals surface area (Å²) in [6.07, 6.45) is 6.43. The second-order valence-electron chi connectivity index (χ2n) is 10.5. The minimum absolute atomic E-state index is 0.0177. The van der Waals surface area contributed by atoms with E-state index >= 15 is 0 Å². The van der Waals surface area contributed by atoms with Gasteiger partial charge < -0.3 is 24.8 Å². The minimum Gasteiger partial charge on any atom is -0.474 e. The highest BCUT2D eigenvalue weighted by Crippen LogP contribution is 2.48. The molecule has 2 heterocycles. The fraction of sp³-hybridized carbons (Fsp3) is 0.680. The molecule has 0 spiro atoms. The van der Waals surface area contributed by atoms with Crippen LogP contribution in [0.5, 0.6) is 5.88 Å². The van der Waals surface area contributed by atoms with E-state index in [1.54, 1.807) is 22.6 Å². The number of fused-ring (bicyclic) bond motifs is 3. The van der Waals surface area contributed by atoms with Crippen LogP contribution in [0.15, 0.2) is 6.33 Å². The maximum Gasteiger partial charge on any atom is 0.410 e. The van der Waals surface area contributed by atoms with Gasteiger partial charge in [0.1, 0.15) is 29.0 Å². The van der Waals surface area contributed by atoms with Gasteiger partial charge in [-0.05, 0) is 77.2 Å². The van der Waals surface area contributed by atoms with Crippen molar-refractivity contribution in [2.24, 2.45) is 5.73 Å². The molecule has 2 aromatic heterocycles. The molecule has 2 aromatic rings. The van der Waals surface area contributed by atoms with Crippen LogP contribution in [-0.4, -0.2) is 64.9 Å². The summed E-state index contributed by atoms with van der Waals surface area (Å²) in [6, 6.07) is 0.129. The summed E-state index contributed by atoms with van der Waals surface area (Å²) < 4.78 is 17.3. The molecule has 2 atom stereocenters. The standard InChI is InChI=1S/C25H36N4O5S/c1-25(2,3)34-24(31)29(4)15-7-9-16(10-8-15)33-22-20-19-14(12-17(32-5)21(26)30)6-11-18(19)35-23(20)28-13-27-22/h13-17H,6-12H2,1-5H3,(H2,26,30)/t14-,15-,16-,17?/m1/s1. The number of methoxy groups -OCH3 is 1. The van der Waals surface area contributed by atoms with Crippen molar-refractivity contribution in [3.63, 3.8) is 0 Å². The van der Waals surface area contributed by atoms with Crippen molar-refractivity contribution in [1.29, 1.82) is 0 Å². The maximum atomic E-state index is 12.4. The molecule has 35 heavy (non-hydrogen) atoms. The topological polar surface area (TPSA) is 117 Å². The zero-order chi connectivity index (χ0) is 25.3. The van der Waals surface area contributed by atoms with Gasteiger partial charge in [-0.2, -0.15) is 0 Å². The smallest absolute Gasteiger partial charge is 0.410 e. The van der Waals surface area contributed by atoms with E-state index in [1.807, 2.05) is 27.8 Å². The predicted molar refractivity (Wildman–Crippen MR) is 134 cm³/mol. The summed E-state index contributed by atoms with van der Waals surface area (Å²) >= 11 is 1.68. The van der Waals surface area contributed by atoms with Crippen molar-refractivity contribution in [2.45, 2.75) is 95.5 Å². The summed E-state index contributed by atoms with van der Waals surface area (Å²) in [6.45, 7) is 5.63. The van der Waals surface area contributed by atoms with Crippen LogP contribution >= 0.6 is 11.3 Å². The van der Waals surface area contributed by atoms with E-state index in [2.05, 4.69) is 9.97 Å². The summed E-state index contributed by atoms with van der Waals surface area (Å²) in [5.41, 5.74) is 6.20. The van der Waals surface area contributed by atoms with E-state index in [-0.39, 0.29) is 24.2 Å². The molecule has 4 rings (SSSR count). The number of rotatable bonds is 7. The highest BCUT2D eigenvalue weighted by atomic mass is 32.1. The lowest BCUT2D eigenvalue weighted by atomic mass is 9.92. The first-order valence-corrected chi connectivity index (χ1v) is 13.1. The lowest BCUT2D eigenvalue weighted by Crippen LogP contribution is -2.43.